The summed E-state index contributed by atoms with van der Waals surface area (Å²) < 4.78 is 12.9. The maximum Gasteiger partial charge on any atom is 0.207 e. The summed E-state index contributed by atoms with van der Waals surface area (Å²) >= 11 is 0. The minimum absolute atomic E-state index is 0.123. The van der Waals surface area contributed by atoms with Gasteiger partial charge in [0.25, 0.3) is 0 Å². The summed E-state index contributed by atoms with van der Waals surface area (Å²) in [6.07, 6.45) is 6.67. The number of nitrogens with zero attached hydrogens (tertiary/aromatic N) is 2. The lowest BCUT2D eigenvalue weighted by atomic mass is 10.1. The molecule has 5 nitrogen and oxygen atoms in total. The molecular weight excluding hydrogens is 328 g/mol. The van der Waals surface area contributed by atoms with Crippen LogP contribution in [0.1, 0.15) is 34.5 Å². The van der Waals surface area contributed by atoms with Crippen molar-refractivity contribution in [3.05, 3.63) is 59.1 Å². The van der Waals surface area contributed by atoms with Gasteiger partial charge < -0.3 is 18.9 Å². The Morgan fingerprint density at radius 2 is 1.96 bits per heavy atom. The van der Waals surface area contributed by atoms with Crippen LogP contribution in [-0.4, -0.2) is 43.6 Å². The standard InChI is InChI=1S/C21H26N2O3/c1-22(2)13-16-7-5-6-15-10-11-23(20(15)21(16)24)14-17-12-18(25-3)8-9-19(17)26-4/h8-13H,5-7,14H2,1-4H3/b16-13+. The Labute approximate surface area is 154 Å². The van der Waals surface area contributed by atoms with E-state index < -0.39 is 0 Å². The number of aryl methyl sites for hydroxylation is 1. The van der Waals surface area contributed by atoms with E-state index in [1.165, 1.54) is 0 Å². The lowest BCUT2D eigenvalue weighted by Crippen LogP contribution is -2.14. The monoisotopic (exact) mass is 354 g/mol. The summed E-state index contributed by atoms with van der Waals surface area (Å²) in [7, 11) is 7.21. The number of aromatic nitrogens is 1. The van der Waals surface area contributed by atoms with Gasteiger partial charge in [-0.15, -0.1) is 0 Å². The van der Waals surface area contributed by atoms with E-state index in [1.807, 2.05) is 54.2 Å². The van der Waals surface area contributed by atoms with Gasteiger partial charge in [0.2, 0.25) is 5.78 Å². The number of ether oxygens (including phenoxy) is 2. The van der Waals surface area contributed by atoms with E-state index in [0.717, 1.165) is 53.2 Å². The average molecular weight is 354 g/mol. The minimum Gasteiger partial charge on any atom is -0.497 e. The molecule has 1 aliphatic carbocycles. The summed E-state index contributed by atoms with van der Waals surface area (Å²) in [6, 6.07) is 7.80. The molecule has 0 spiro atoms. The quantitative estimate of drug-likeness (QED) is 0.609. The number of methoxy groups -OCH3 is 2. The number of allylic oxidation sites excluding steroid dienone is 1. The van der Waals surface area contributed by atoms with E-state index in [0.29, 0.717) is 6.54 Å². The number of hydrogen-bond donors (Lipinski definition) is 0. The zero-order valence-electron chi connectivity index (χ0n) is 15.9. The Hall–Kier alpha value is -2.69. The third-order valence-corrected chi connectivity index (χ3v) is 4.69. The van der Waals surface area contributed by atoms with E-state index in [-0.39, 0.29) is 5.78 Å². The van der Waals surface area contributed by atoms with Crippen molar-refractivity contribution < 1.29 is 14.3 Å². The molecule has 1 aliphatic rings. The molecule has 0 atom stereocenters. The van der Waals surface area contributed by atoms with Gasteiger partial charge in [-0.25, -0.2) is 0 Å². The fraction of sp³-hybridized carbons (Fsp3) is 0.381. The van der Waals surface area contributed by atoms with Crippen molar-refractivity contribution in [3.63, 3.8) is 0 Å². The molecule has 0 radical (unpaired) electrons. The maximum atomic E-state index is 13.2. The van der Waals surface area contributed by atoms with Gasteiger partial charge in [0.15, 0.2) is 0 Å². The van der Waals surface area contributed by atoms with Gasteiger partial charge in [-0.05, 0) is 49.1 Å². The molecule has 1 aromatic heterocycles. The number of benzene rings is 1. The number of Topliss-reactive ketones (excluding diaryl/α,β-unsaturated/α-hetero) is 1. The molecule has 0 aliphatic heterocycles. The fourth-order valence-corrected chi connectivity index (χ4v) is 3.49. The van der Waals surface area contributed by atoms with Crippen molar-refractivity contribution in [2.45, 2.75) is 25.8 Å². The van der Waals surface area contributed by atoms with Gasteiger partial charge in [-0.1, -0.05) is 0 Å². The normalized spacial score (nSPS) is 15.5. The van der Waals surface area contributed by atoms with Gasteiger partial charge >= 0.3 is 0 Å². The molecule has 1 aromatic carbocycles. The topological polar surface area (TPSA) is 43.7 Å². The van der Waals surface area contributed by atoms with E-state index in [9.17, 15) is 4.79 Å². The number of ketones is 1. The van der Waals surface area contributed by atoms with Gasteiger partial charge in [-0.3, -0.25) is 4.79 Å². The molecule has 0 saturated carbocycles. The predicted molar refractivity (Wildman–Crippen MR) is 102 cm³/mol. The predicted octanol–water partition coefficient (Wildman–Crippen LogP) is 3.52. The molecule has 0 unspecified atom stereocenters. The summed E-state index contributed by atoms with van der Waals surface area (Å²) in [5.74, 6) is 1.69. The number of hydrogen-bond acceptors (Lipinski definition) is 4. The summed E-state index contributed by atoms with van der Waals surface area (Å²) in [4.78, 5) is 15.1. The van der Waals surface area contributed by atoms with Crippen LogP contribution in [0.4, 0.5) is 0 Å². The van der Waals surface area contributed by atoms with Crippen LogP contribution >= 0.6 is 0 Å². The van der Waals surface area contributed by atoms with E-state index >= 15 is 0 Å². The first-order chi connectivity index (χ1) is 12.5. The van der Waals surface area contributed by atoms with Crippen molar-refractivity contribution in [1.29, 1.82) is 0 Å². The average Bonchev–Trinajstić information content (AvgIpc) is 2.95. The molecule has 5 heteroatoms. The van der Waals surface area contributed by atoms with Crippen molar-refractivity contribution in [1.82, 2.24) is 9.47 Å². The van der Waals surface area contributed by atoms with Crippen LogP contribution in [0.3, 0.4) is 0 Å². The Balaban J connectivity index is 2.00. The number of fused-ring (bicyclic) bond motifs is 1. The van der Waals surface area contributed by atoms with Gasteiger partial charge in [0.05, 0.1) is 26.5 Å². The molecule has 26 heavy (non-hydrogen) atoms. The summed E-state index contributed by atoms with van der Waals surface area (Å²) in [5, 5.41) is 0. The molecule has 0 fully saturated rings. The van der Waals surface area contributed by atoms with E-state index in [2.05, 4.69) is 6.07 Å². The SMILES string of the molecule is COc1ccc(OC)c(Cn2ccc3c2C(=O)/C(=C/N(C)C)CCC3)c1. The van der Waals surface area contributed by atoms with Crippen LogP contribution < -0.4 is 9.47 Å². The first-order valence-electron chi connectivity index (χ1n) is 8.84. The zero-order valence-corrected chi connectivity index (χ0v) is 15.9. The second-order valence-electron chi connectivity index (χ2n) is 6.80. The third kappa shape index (κ3) is 3.62. The van der Waals surface area contributed by atoms with Crippen molar-refractivity contribution in [2.24, 2.45) is 0 Å². The number of carbonyl (C=O) groups is 1. The highest BCUT2D eigenvalue weighted by Crippen LogP contribution is 2.29. The maximum absolute atomic E-state index is 13.2. The molecular formula is C21H26N2O3. The third-order valence-electron chi connectivity index (χ3n) is 4.69. The first kappa shape index (κ1) is 18.1. The highest BCUT2D eigenvalue weighted by Gasteiger charge is 2.24. The van der Waals surface area contributed by atoms with Crippen LogP contribution in [0.2, 0.25) is 0 Å². The molecule has 138 valence electrons. The summed E-state index contributed by atoms with van der Waals surface area (Å²) in [5.41, 5.74) is 3.77. The van der Waals surface area contributed by atoms with Crippen LogP contribution in [-0.2, 0) is 13.0 Å². The van der Waals surface area contributed by atoms with E-state index in [4.69, 9.17) is 9.47 Å². The smallest absolute Gasteiger partial charge is 0.207 e. The van der Waals surface area contributed by atoms with Gasteiger partial charge in [0, 0.05) is 37.6 Å². The largest absolute Gasteiger partial charge is 0.497 e. The minimum atomic E-state index is 0.123. The second kappa shape index (κ2) is 7.68. The molecule has 0 saturated heterocycles. The highest BCUT2D eigenvalue weighted by molar-refractivity contribution is 6.09. The number of rotatable bonds is 5. The Morgan fingerprint density at radius 1 is 1.15 bits per heavy atom. The molecule has 0 amide bonds. The lowest BCUT2D eigenvalue weighted by Gasteiger charge is -2.15. The van der Waals surface area contributed by atoms with Crippen molar-refractivity contribution in [3.8, 4) is 11.5 Å². The Morgan fingerprint density at radius 3 is 2.65 bits per heavy atom. The lowest BCUT2D eigenvalue weighted by molar-refractivity contribution is 0.102. The van der Waals surface area contributed by atoms with Gasteiger partial charge in [-0.2, -0.15) is 0 Å². The van der Waals surface area contributed by atoms with Crippen LogP contribution in [0, 0.1) is 0 Å². The molecule has 1 heterocycles. The summed E-state index contributed by atoms with van der Waals surface area (Å²) in [6.45, 7) is 0.566. The van der Waals surface area contributed by atoms with Crippen LogP contribution in [0.5, 0.6) is 11.5 Å². The first-order valence-corrected chi connectivity index (χ1v) is 8.84. The van der Waals surface area contributed by atoms with Crippen LogP contribution in [0.15, 0.2) is 42.2 Å². The molecule has 2 aromatic rings. The Kier molecular flexibility index (Phi) is 5.35. The van der Waals surface area contributed by atoms with Crippen LogP contribution in [0.25, 0.3) is 0 Å². The van der Waals surface area contributed by atoms with Crippen molar-refractivity contribution >= 4 is 5.78 Å². The van der Waals surface area contributed by atoms with E-state index in [1.54, 1.807) is 14.2 Å². The fourth-order valence-electron chi connectivity index (χ4n) is 3.49. The second-order valence-corrected chi connectivity index (χ2v) is 6.80. The Bertz CT molecular complexity index is 834. The van der Waals surface area contributed by atoms with Crippen molar-refractivity contribution in [2.75, 3.05) is 28.3 Å². The molecule has 0 bridgehead atoms. The zero-order chi connectivity index (χ0) is 18.7. The van der Waals surface area contributed by atoms with Gasteiger partial charge in [0.1, 0.15) is 11.5 Å². The molecule has 3 rings (SSSR count). The highest BCUT2D eigenvalue weighted by atomic mass is 16.5. The molecule has 0 N–H and O–H groups in total. The number of carbonyl (C=O) groups excluding carboxylic acids is 1.